The molecule has 1 fully saturated rings. The van der Waals surface area contributed by atoms with Gasteiger partial charge in [-0.05, 0) is 0 Å². The molecule has 1 atom stereocenters. The van der Waals surface area contributed by atoms with E-state index < -0.39 is 17.7 Å². The van der Waals surface area contributed by atoms with Crippen LogP contribution in [0, 0.1) is 5.92 Å². The summed E-state index contributed by atoms with van der Waals surface area (Å²) in [5.41, 5.74) is 2.35. The summed E-state index contributed by atoms with van der Waals surface area (Å²) in [7, 11) is 0. The first-order chi connectivity index (χ1) is 12.0. The van der Waals surface area contributed by atoms with Crippen LogP contribution < -0.4 is 5.32 Å². The van der Waals surface area contributed by atoms with Gasteiger partial charge in [0.2, 0.25) is 5.91 Å². The van der Waals surface area contributed by atoms with Crippen molar-refractivity contribution in [1.29, 1.82) is 0 Å². The molecular formula is C19H14F2N2OS. The van der Waals surface area contributed by atoms with Gasteiger partial charge < -0.3 is 5.32 Å². The number of carbonyl (C=O) groups is 1. The Labute approximate surface area is 147 Å². The molecule has 25 heavy (non-hydrogen) atoms. The fraction of sp³-hybridized carbons (Fsp3) is 0.158. The first-order valence-corrected chi connectivity index (χ1v) is 8.66. The quantitative estimate of drug-likeness (QED) is 0.709. The molecular weight excluding hydrogens is 342 g/mol. The monoisotopic (exact) mass is 356 g/mol. The van der Waals surface area contributed by atoms with E-state index in [9.17, 15) is 13.6 Å². The molecule has 1 aliphatic carbocycles. The van der Waals surface area contributed by atoms with Gasteiger partial charge in [0.25, 0.3) is 5.92 Å². The molecule has 1 unspecified atom stereocenters. The van der Waals surface area contributed by atoms with E-state index in [1.54, 1.807) is 0 Å². The second kappa shape index (κ2) is 6.04. The summed E-state index contributed by atoms with van der Waals surface area (Å²) in [6.07, 6.45) is -0.385. The molecule has 0 aliphatic heterocycles. The topological polar surface area (TPSA) is 42.0 Å². The molecule has 2 aromatic carbocycles. The normalized spacial score (nSPS) is 17.9. The van der Waals surface area contributed by atoms with E-state index in [0.717, 1.165) is 16.1 Å². The van der Waals surface area contributed by atoms with E-state index >= 15 is 0 Å². The lowest BCUT2D eigenvalue weighted by atomic mass is 10.1. The van der Waals surface area contributed by atoms with Crippen LogP contribution in [0.5, 0.6) is 0 Å². The van der Waals surface area contributed by atoms with Crippen LogP contribution in [0.2, 0.25) is 0 Å². The third kappa shape index (κ3) is 3.17. The minimum Gasteiger partial charge on any atom is -0.315 e. The van der Waals surface area contributed by atoms with Crippen LogP contribution >= 0.6 is 11.3 Å². The number of rotatable bonds is 4. The molecule has 0 radical (unpaired) electrons. The van der Waals surface area contributed by atoms with Crippen molar-refractivity contribution < 1.29 is 13.6 Å². The Morgan fingerprint density at radius 3 is 2.16 bits per heavy atom. The third-order valence-corrected chi connectivity index (χ3v) is 5.09. The van der Waals surface area contributed by atoms with Crippen LogP contribution in [0.3, 0.4) is 0 Å². The minimum absolute atomic E-state index is 0.385. The maximum Gasteiger partial charge on any atom is 0.260 e. The molecule has 126 valence electrons. The summed E-state index contributed by atoms with van der Waals surface area (Å²) in [4.78, 5) is 16.7. The van der Waals surface area contributed by atoms with E-state index in [1.807, 2.05) is 60.7 Å². The van der Waals surface area contributed by atoms with Gasteiger partial charge in [0.15, 0.2) is 0 Å². The number of benzene rings is 2. The summed E-state index contributed by atoms with van der Waals surface area (Å²) in [6.45, 7) is 0. The second-order valence-electron chi connectivity index (χ2n) is 5.94. The Kier molecular flexibility index (Phi) is 3.84. The Balaban J connectivity index is 1.71. The Bertz CT molecular complexity index is 910. The highest BCUT2D eigenvalue weighted by Crippen LogP contribution is 2.49. The molecule has 1 saturated carbocycles. The number of thiazole rings is 1. The zero-order valence-corrected chi connectivity index (χ0v) is 13.9. The predicted molar refractivity (Wildman–Crippen MR) is 94.7 cm³/mol. The van der Waals surface area contributed by atoms with Gasteiger partial charge in [-0.25, -0.2) is 13.8 Å². The largest absolute Gasteiger partial charge is 0.315 e. The molecule has 0 bridgehead atoms. The fourth-order valence-electron chi connectivity index (χ4n) is 2.60. The highest BCUT2D eigenvalue weighted by atomic mass is 32.1. The number of aromatic nitrogens is 1. The van der Waals surface area contributed by atoms with E-state index in [4.69, 9.17) is 0 Å². The van der Waals surface area contributed by atoms with Gasteiger partial charge in [-0.1, -0.05) is 72.0 Å². The summed E-state index contributed by atoms with van der Waals surface area (Å²) in [5.74, 6) is -4.77. The number of nitrogens with one attached hydrogen (secondary N) is 1. The van der Waals surface area contributed by atoms with Crippen molar-refractivity contribution in [2.75, 3.05) is 5.32 Å². The Morgan fingerprint density at radius 1 is 1.04 bits per heavy atom. The molecule has 0 saturated heterocycles. The van der Waals surface area contributed by atoms with Crippen molar-refractivity contribution in [1.82, 2.24) is 4.98 Å². The van der Waals surface area contributed by atoms with Crippen molar-refractivity contribution in [3.63, 3.8) is 0 Å². The molecule has 1 aliphatic rings. The highest BCUT2D eigenvalue weighted by molar-refractivity contribution is 7.19. The standard InChI is InChI=1S/C19H14F2N2OS/c20-19(21)11-14(19)16(24)23-18-15(12-7-3-1-4-8-12)22-17(25-18)13-9-5-2-6-10-13/h1-10,14H,11H2,(H,23,24). The Hall–Kier alpha value is -2.60. The van der Waals surface area contributed by atoms with Gasteiger partial charge in [-0.3, -0.25) is 4.79 Å². The Morgan fingerprint density at radius 2 is 1.60 bits per heavy atom. The lowest BCUT2D eigenvalue weighted by Gasteiger charge is -2.04. The number of amides is 1. The SMILES string of the molecule is O=C(Nc1sc(-c2ccccc2)nc1-c1ccccc1)C1CC1(F)F. The van der Waals surface area contributed by atoms with E-state index in [1.165, 1.54) is 11.3 Å². The zero-order valence-electron chi connectivity index (χ0n) is 13.1. The van der Waals surface area contributed by atoms with Gasteiger partial charge in [-0.2, -0.15) is 0 Å². The molecule has 3 nitrogen and oxygen atoms in total. The number of alkyl halides is 2. The van der Waals surface area contributed by atoms with Crippen LogP contribution in [-0.4, -0.2) is 16.8 Å². The van der Waals surface area contributed by atoms with Crippen LogP contribution in [0.25, 0.3) is 21.8 Å². The fourth-order valence-corrected chi connectivity index (χ4v) is 3.59. The highest BCUT2D eigenvalue weighted by Gasteiger charge is 2.61. The smallest absolute Gasteiger partial charge is 0.260 e. The predicted octanol–water partition coefficient (Wildman–Crippen LogP) is 5.07. The lowest BCUT2D eigenvalue weighted by molar-refractivity contribution is -0.119. The van der Waals surface area contributed by atoms with E-state index in [0.29, 0.717) is 10.7 Å². The molecule has 1 N–H and O–H groups in total. The van der Waals surface area contributed by atoms with Crippen molar-refractivity contribution in [2.45, 2.75) is 12.3 Å². The number of hydrogen-bond acceptors (Lipinski definition) is 3. The van der Waals surface area contributed by atoms with Crippen LogP contribution in [0.1, 0.15) is 6.42 Å². The average molecular weight is 356 g/mol. The third-order valence-electron chi connectivity index (χ3n) is 4.07. The summed E-state index contributed by atoms with van der Waals surface area (Å²) < 4.78 is 26.3. The first-order valence-electron chi connectivity index (χ1n) is 7.85. The summed E-state index contributed by atoms with van der Waals surface area (Å²) >= 11 is 1.29. The van der Waals surface area contributed by atoms with Crippen LogP contribution in [0.15, 0.2) is 60.7 Å². The number of nitrogens with zero attached hydrogens (tertiary/aromatic N) is 1. The zero-order chi connectivity index (χ0) is 17.4. The second-order valence-corrected chi connectivity index (χ2v) is 6.93. The van der Waals surface area contributed by atoms with E-state index in [-0.39, 0.29) is 6.42 Å². The van der Waals surface area contributed by atoms with Crippen LogP contribution in [0.4, 0.5) is 13.8 Å². The number of hydrogen-bond donors (Lipinski definition) is 1. The van der Waals surface area contributed by atoms with Gasteiger partial charge in [0.1, 0.15) is 21.6 Å². The number of halogens is 2. The maximum atomic E-state index is 13.2. The average Bonchev–Trinajstić information content (AvgIpc) is 3.08. The van der Waals surface area contributed by atoms with Crippen molar-refractivity contribution in [2.24, 2.45) is 5.92 Å². The molecule has 3 aromatic rings. The van der Waals surface area contributed by atoms with Crippen molar-refractivity contribution >= 4 is 22.2 Å². The first kappa shape index (κ1) is 15.9. The van der Waals surface area contributed by atoms with Crippen molar-refractivity contribution in [3.8, 4) is 21.8 Å². The van der Waals surface area contributed by atoms with E-state index in [2.05, 4.69) is 10.3 Å². The molecule has 0 spiro atoms. The van der Waals surface area contributed by atoms with Crippen molar-refractivity contribution in [3.05, 3.63) is 60.7 Å². The number of carbonyl (C=O) groups excluding carboxylic acids is 1. The van der Waals surface area contributed by atoms with Gasteiger partial charge in [0, 0.05) is 17.5 Å². The van der Waals surface area contributed by atoms with Gasteiger partial charge >= 0.3 is 0 Å². The molecule has 1 heterocycles. The maximum absolute atomic E-state index is 13.2. The number of anilines is 1. The summed E-state index contributed by atoms with van der Waals surface area (Å²) in [5, 5.41) is 3.89. The molecule has 6 heteroatoms. The molecule has 4 rings (SSSR count). The van der Waals surface area contributed by atoms with Gasteiger partial charge in [0.05, 0.1) is 0 Å². The summed E-state index contributed by atoms with van der Waals surface area (Å²) in [6, 6.07) is 19.0. The van der Waals surface area contributed by atoms with Crippen LogP contribution in [-0.2, 0) is 4.79 Å². The van der Waals surface area contributed by atoms with Gasteiger partial charge in [-0.15, -0.1) is 0 Å². The lowest BCUT2D eigenvalue weighted by Crippen LogP contribution is -2.17. The molecule has 1 amide bonds. The minimum atomic E-state index is -2.88. The molecule has 1 aromatic heterocycles.